The average Bonchev–Trinajstić information content (AvgIpc) is 3.08. The van der Waals surface area contributed by atoms with Gasteiger partial charge < -0.3 is 19.5 Å². The Kier molecular flexibility index (Phi) is 7.42. The molecule has 0 fully saturated rings. The van der Waals surface area contributed by atoms with Crippen molar-refractivity contribution in [2.45, 2.75) is 58.4 Å². The van der Waals surface area contributed by atoms with Crippen LogP contribution in [-0.2, 0) is 15.3 Å². The van der Waals surface area contributed by atoms with Crippen molar-refractivity contribution < 1.29 is 18.8 Å². The summed E-state index contributed by atoms with van der Waals surface area (Å²) in [6.45, 7) is 8.05. The Morgan fingerprint density at radius 1 is 1.27 bits per heavy atom. The number of amides is 2. The van der Waals surface area contributed by atoms with Crippen molar-refractivity contribution in [3.05, 3.63) is 41.3 Å². The standard InChI is InChI=1S/C22H29N3O4S/c1-5-16(6-2)23-22(27)20-11-25(18-9-7-8-10-19(18)28-20)21(26)13-30-12-17-14(3)24-29-15(17)4/h7-10,16,20H,5-6,11-13H2,1-4H3,(H,23,27). The number of aryl methyl sites for hydroxylation is 2. The summed E-state index contributed by atoms with van der Waals surface area (Å²) in [4.78, 5) is 27.5. The molecule has 0 saturated heterocycles. The minimum absolute atomic E-state index is 0.0529. The van der Waals surface area contributed by atoms with E-state index in [0.29, 0.717) is 22.9 Å². The topological polar surface area (TPSA) is 84.7 Å². The van der Waals surface area contributed by atoms with Gasteiger partial charge in [0.2, 0.25) is 5.91 Å². The SMILES string of the molecule is CCC(CC)NC(=O)C1CN(C(=O)CSCc2c(C)noc2C)c2ccccc2O1. The largest absolute Gasteiger partial charge is 0.477 e. The summed E-state index contributed by atoms with van der Waals surface area (Å²) in [7, 11) is 0. The average molecular weight is 432 g/mol. The number of benzene rings is 1. The van der Waals surface area contributed by atoms with Gasteiger partial charge in [0.15, 0.2) is 6.10 Å². The van der Waals surface area contributed by atoms with Crippen LogP contribution >= 0.6 is 11.8 Å². The number of anilines is 1. The number of fused-ring (bicyclic) bond motifs is 1. The van der Waals surface area contributed by atoms with Crippen molar-refractivity contribution in [2.24, 2.45) is 0 Å². The molecule has 0 aliphatic carbocycles. The molecule has 1 N–H and O–H groups in total. The number of nitrogens with zero attached hydrogens (tertiary/aromatic N) is 2. The second kappa shape index (κ2) is 10.0. The molecule has 162 valence electrons. The van der Waals surface area contributed by atoms with Gasteiger partial charge in [-0.3, -0.25) is 9.59 Å². The van der Waals surface area contributed by atoms with E-state index in [2.05, 4.69) is 10.5 Å². The van der Waals surface area contributed by atoms with Crippen molar-refractivity contribution in [1.82, 2.24) is 10.5 Å². The Morgan fingerprint density at radius 3 is 2.67 bits per heavy atom. The lowest BCUT2D eigenvalue weighted by atomic mass is 10.1. The molecule has 3 rings (SSSR count). The molecule has 2 heterocycles. The van der Waals surface area contributed by atoms with E-state index < -0.39 is 6.10 Å². The molecule has 2 amide bonds. The molecule has 1 atom stereocenters. The predicted molar refractivity (Wildman–Crippen MR) is 118 cm³/mol. The molecular weight excluding hydrogens is 402 g/mol. The molecule has 2 aromatic rings. The number of para-hydroxylation sites is 2. The number of ether oxygens (including phenoxy) is 1. The zero-order valence-corrected chi connectivity index (χ0v) is 18.8. The molecule has 1 aromatic carbocycles. The highest BCUT2D eigenvalue weighted by Crippen LogP contribution is 2.34. The van der Waals surface area contributed by atoms with Crippen LogP contribution in [0.25, 0.3) is 0 Å². The smallest absolute Gasteiger partial charge is 0.263 e. The Labute approximate surface area is 181 Å². The monoisotopic (exact) mass is 431 g/mol. The van der Waals surface area contributed by atoms with Crippen molar-refractivity contribution >= 4 is 29.3 Å². The normalized spacial score (nSPS) is 15.6. The number of thioether (sulfide) groups is 1. The maximum atomic E-state index is 13.0. The van der Waals surface area contributed by atoms with E-state index in [9.17, 15) is 9.59 Å². The van der Waals surface area contributed by atoms with Gasteiger partial charge in [-0.15, -0.1) is 11.8 Å². The van der Waals surface area contributed by atoms with Gasteiger partial charge in [-0.25, -0.2) is 0 Å². The first-order valence-electron chi connectivity index (χ1n) is 10.3. The van der Waals surface area contributed by atoms with Crippen LogP contribution in [0.15, 0.2) is 28.8 Å². The quantitative estimate of drug-likeness (QED) is 0.687. The Balaban J connectivity index is 1.69. The summed E-state index contributed by atoms with van der Waals surface area (Å²) < 4.78 is 11.1. The molecule has 0 spiro atoms. The van der Waals surface area contributed by atoms with Crippen LogP contribution in [0.2, 0.25) is 0 Å². The molecule has 30 heavy (non-hydrogen) atoms. The van der Waals surface area contributed by atoms with E-state index in [1.807, 2.05) is 45.9 Å². The minimum atomic E-state index is -0.725. The number of nitrogens with one attached hydrogen (secondary N) is 1. The maximum absolute atomic E-state index is 13.0. The van der Waals surface area contributed by atoms with Gasteiger partial charge in [-0.2, -0.15) is 0 Å². The highest BCUT2D eigenvalue weighted by Gasteiger charge is 2.34. The van der Waals surface area contributed by atoms with Gasteiger partial charge in [0.25, 0.3) is 5.91 Å². The lowest BCUT2D eigenvalue weighted by Crippen LogP contribution is -2.52. The third-order valence-corrected chi connectivity index (χ3v) is 6.30. The maximum Gasteiger partial charge on any atom is 0.263 e. The van der Waals surface area contributed by atoms with Crippen LogP contribution in [0.3, 0.4) is 0 Å². The van der Waals surface area contributed by atoms with Crippen molar-refractivity contribution in [1.29, 1.82) is 0 Å². The highest BCUT2D eigenvalue weighted by atomic mass is 32.2. The lowest BCUT2D eigenvalue weighted by molar-refractivity contribution is -0.129. The van der Waals surface area contributed by atoms with Crippen LogP contribution in [0.1, 0.15) is 43.7 Å². The molecule has 1 aliphatic heterocycles. The van der Waals surface area contributed by atoms with E-state index in [-0.39, 0.29) is 24.4 Å². The van der Waals surface area contributed by atoms with E-state index in [0.717, 1.165) is 29.9 Å². The number of hydrogen-bond acceptors (Lipinski definition) is 6. The predicted octanol–water partition coefficient (Wildman–Crippen LogP) is 3.62. The van der Waals surface area contributed by atoms with Gasteiger partial charge >= 0.3 is 0 Å². The fourth-order valence-corrected chi connectivity index (χ4v) is 4.47. The van der Waals surface area contributed by atoms with Gasteiger partial charge in [-0.05, 0) is 38.8 Å². The number of carbonyl (C=O) groups excluding carboxylic acids is 2. The second-order valence-electron chi connectivity index (χ2n) is 7.40. The molecule has 0 radical (unpaired) electrons. The van der Waals surface area contributed by atoms with Crippen LogP contribution in [0.5, 0.6) is 5.75 Å². The van der Waals surface area contributed by atoms with E-state index in [1.165, 1.54) is 11.8 Å². The van der Waals surface area contributed by atoms with Crippen molar-refractivity contribution in [2.75, 3.05) is 17.2 Å². The Morgan fingerprint density at radius 2 is 2.00 bits per heavy atom. The first-order valence-corrected chi connectivity index (χ1v) is 11.5. The first-order chi connectivity index (χ1) is 14.4. The first kappa shape index (κ1) is 22.2. The number of hydrogen-bond donors (Lipinski definition) is 1. The molecule has 1 aliphatic rings. The molecule has 0 saturated carbocycles. The fraction of sp³-hybridized carbons (Fsp3) is 0.500. The van der Waals surface area contributed by atoms with Gasteiger partial charge in [0.05, 0.1) is 23.7 Å². The molecule has 1 aromatic heterocycles. The molecular formula is C22H29N3O4S. The van der Waals surface area contributed by atoms with Gasteiger partial charge in [-0.1, -0.05) is 31.1 Å². The van der Waals surface area contributed by atoms with Crippen molar-refractivity contribution in [3.63, 3.8) is 0 Å². The number of carbonyl (C=O) groups is 2. The summed E-state index contributed by atoms with van der Waals surface area (Å²) in [5, 5.41) is 6.98. The molecule has 1 unspecified atom stereocenters. The third-order valence-electron chi connectivity index (χ3n) is 5.35. The van der Waals surface area contributed by atoms with Crippen molar-refractivity contribution in [3.8, 4) is 5.75 Å². The van der Waals surface area contributed by atoms with E-state index in [1.54, 1.807) is 11.0 Å². The summed E-state index contributed by atoms with van der Waals surface area (Å²) >= 11 is 1.51. The van der Waals surface area contributed by atoms with Gasteiger partial charge in [0, 0.05) is 17.4 Å². The highest BCUT2D eigenvalue weighted by molar-refractivity contribution is 7.99. The van der Waals surface area contributed by atoms with Crippen LogP contribution in [0, 0.1) is 13.8 Å². The summed E-state index contributed by atoms with van der Waals surface area (Å²) in [6, 6.07) is 7.46. The zero-order chi connectivity index (χ0) is 21.7. The zero-order valence-electron chi connectivity index (χ0n) is 17.9. The minimum Gasteiger partial charge on any atom is -0.477 e. The number of rotatable bonds is 8. The van der Waals surface area contributed by atoms with Gasteiger partial charge in [0.1, 0.15) is 11.5 Å². The van der Waals surface area contributed by atoms with E-state index in [4.69, 9.17) is 9.26 Å². The third kappa shape index (κ3) is 4.98. The van der Waals surface area contributed by atoms with Crippen LogP contribution in [0.4, 0.5) is 5.69 Å². The summed E-state index contributed by atoms with van der Waals surface area (Å²) in [5.41, 5.74) is 2.58. The molecule has 8 heteroatoms. The molecule has 7 nitrogen and oxygen atoms in total. The Bertz CT molecular complexity index is 875. The summed E-state index contributed by atoms with van der Waals surface area (Å²) in [6.07, 6.45) is 0.982. The second-order valence-corrected chi connectivity index (χ2v) is 8.38. The van der Waals surface area contributed by atoms with Crippen LogP contribution in [-0.4, -0.2) is 41.4 Å². The van der Waals surface area contributed by atoms with E-state index >= 15 is 0 Å². The lowest BCUT2D eigenvalue weighted by Gasteiger charge is -2.34. The summed E-state index contributed by atoms with van der Waals surface area (Å²) in [5.74, 6) is 2.04. The fourth-order valence-electron chi connectivity index (χ4n) is 3.42. The molecule has 0 bridgehead atoms. The Hall–Kier alpha value is -2.48. The number of aromatic nitrogens is 1. The van der Waals surface area contributed by atoms with Crippen LogP contribution < -0.4 is 15.0 Å².